The molecule has 0 bridgehead atoms. The maximum absolute atomic E-state index is 13.2. The predicted octanol–water partition coefficient (Wildman–Crippen LogP) is 3.98. The van der Waals surface area contributed by atoms with Gasteiger partial charge in [0.25, 0.3) is 0 Å². The van der Waals surface area contributed by atoms with Crippen LogP contribution in [-0.4, -0.2) is 48.9 Å². The maximum atomic E-state index is 13.2. The number of nitrogens with zero attached hydrogens (tertiary/aromatic N) is 2. The molecule has 2 fully saturated rings. The third-order valence-electron chi connectivity index (χ3n) is 6.86. The Morgan fingerprint density at radius 2 is 1.76 bits per heavy atom. The minimum Gasteiger partial charge on any atom is -0.454 e. The van der Waals surface area contributed by atoms with E-state index in [9.17, 15) is 4.79 Å². The van der Waals surface area contributed by atoms with Gasteiger partial charge in [-0.2, -0.15) is 0 Å². The van der Waals surface area contributed by atoms with Crippen LogP contribution in [0.3, 0.4) is 0 Å². The molecule has 7 heteroatoms. The first-order valence-corrected chi connectivity index (χ1v) is 11.8. The van der Waals surface area contributed by atoms with Crippen molar-refractivity contribution in [2.45, 2.75) is 24.8 Å². The van der Waals surface area contributed by atoms with Crippen molar-refractivity contribution in [1.29, 1.82) is 0 Å². The Morgan fingerprint density at radius 3 is 2.56 bits per heavy atom. The lowest BCUT2D eigenvalue weighted by atomic mass is 9.94. The van der Waals surface area contributed by atoms with E-state index in [0.29, 0.717) is 11.6 Å². The lowest BCUT2D eigenvalue weighted by molar-refractivity contribution is -0.118. The zero-order valence-electron chi connectivity index (χ0n) is 19.0. The van der Waals surface area contributed by atoms with E-state index in [1.165, 1.54) is 5.56 Å². The summed E-state index contributed by atoms with van der Waals surface area (Å²) in [5, 5.41) is 3.05. The van der Waals surface area contributed by atoms with E-state index in [-0.39, 0.29) is 12.7 Å². The lowest BCUT2D eigenvalue weighted by Gasteiger charge is -2.26. The van der Waals surface area contributed by atoms with Gasteiger partial charge in [0.05, 0.1) is 24.3 Å². The fourth-order valence-electron chi connectivity index (χ4n) is 4.67. The smallest absolute Gasteiger partial charge is 0.236 e. The third-order valence-corrected chi connectivity index (χ3v) is 6.86. The summed E-state index contributed by atoms with van der Waals surface area (Å²) in [6, 6.07) is 20.0. The molecule has 1 N–H and O–H groups in total. The van der Waals surface area contributed by atoms with Gasteiger partial charge in [-0.1, -0.05) is 36.4 Å². The predicted molar refractivity (Wildman–Crippen MR) is 128 cm³/mol. The number of morpholine rings is 1. The van der Waals surface area contributed by atoms with Crippen LogP contribution in [0.5, 0.6) is 11.5 Å². The second-order valence-corrected chi connectivity index (χ2v) is 9.10. The number of nitrogens with one attached hydrogen (secondary N) is 1. The second kappa shape index (κ2) is 8.74. The quantitative estimate of drug-likeness (QED) is 0.604. The molecule has 0 radical (unpaired) electrons. The van der Waals surface area contributed by atoms with Crippen LogP contribution in [-0.2, 0) is 21.5 Å². The standard InChI is InChI=1S/C27H27N3O4/c31-26(27(10-11-27)21-8-9-23-24(16-21)34-18-33-23)29-25-3-1-2-22(28-25)20-6-4-19(5-7-20)17-30-12-14-32-15-13-30/h1-9,16H,10-15,17-18H2,(H,28,29,31). The number of rotatable bonds is 6. The van der Waals surface area contributed by atoms with Crippen LogP contribution >= 0.6 is 0 Å². The van der Waals surface area contributed by atoms with Gasteiger partial charge in [0.2, 0.25) is 12.7 Å². The number of benzene rings is 2. The number of carbonyl (C=O) groups is 1. The van der Waals surface area contributed by atoms with E-state index in [1.54, 1.807) is 0 Å². The van der Waals surface area contributed by atoms with Crippen molar-refractivity contribution >= 4 is 11.7 Å². The van der Waals surface area contributed by atoms with E-state index < -0.39 is 5.41 Å². The number of aromatic nitrogens is 1. The van der Waals surface area contributed by atoms with E-state index in [0.717, 1.165) is 68.3 Å². The van der Waals surface area contributed by atoms with Gasteiger partial charge >= 0.3 is 0 Å². The summed E-state index contributed by atoms with van der Waals surface area (Å²) in [6.07, 6.45) is 1.62. The first kappa shape index (κ1) is 21.1. The van der Waals surface area contributed by atoms with Crippen molar-refractivity contribution in [1.82, 2.24) is 9.88 Å². The van der Waals surface area contributed by atoms with Crippen molar-refractivity contribution in [3.05, 3.63) is 71.8 Å². The zero-order chi connectivity index (χ0) is 23.0. The van der Waals surface area contributed by atoms with E-state index in [1.807, 2.05) is 36.4 Å². The molecule has 6 rings (SSSR count). The Bertz CT molecular complexity index is 1200. The Morgan fingerprint density at radius 1 is 0.971 bits per heavy atom. The SMILES string of the molecule is O=C(Nc1cccc(-c2ccc(CN3CCOCC3)cc2)n1)C1(c2ccc3c(c2)OCO3)CC1. The van der Waals surface area contributed by atoms with Gasteiger partial charge < -0.3 is 19.5 Å². The number of fused-ring (bicyclic) bond motifs is 1. The molecule has 0 spiro atoms. The van der Waals surface area contributed by atoms with E-state index in [4.69, 9.17) is 19.2 Å². The normalized spacial score (nSPS) is 18.5. The van der Waals surface area contributed by atoms with Crippen molar-refractivity contribution in [2.24, 2.45) is 0 Å². The number of hydrogen-bond acceptors (Lipinski definition) is 6. The van der Waals surface area contributed by atoms with Crippen LogP contribution in [0.1, 0.15) is 24.0 Å². The van der Waals surface area contributed by atoms with Crippen LogP contribution in [0, 0.1) is 0 Å². The van der Waals surface area contributed by atoms with Crippen LogP contribution in [0.15, 0.2) is 60.7 Å². The zero-order valence-corrected chi connectivity index (χ0v) is 19.0. The van der Waals surface area contributed by atoms with Crippen molar-refractivity contribution in [3.8, 4) is 22.8 Å². The fraction of sp³-hybridized carbons (Fsp3) is 0.333. The van der Waals surface area contributed by atoms with Gasteiger partial charge in [0, 0.05) is 25.2 Å². The molecule has 7 nitrogen and oxygen atoms in total. The monoisotopic (exact) mass is 457 g/mol. The Hall–Kier alpha value is -3.42. The summed E-state index contributed by atoms with van der Waals surface area (Å²) in [5.41, 5.74) is 3.57. The second-order valence-electron chi connectivity index (χ2n) is 9.10. The molecule has 174 valence electrons. The molecule has 3 aliphatic rings. The van der Waals surface area contributed by atoms with Crippen LogP contribution in [0.2, 0.25) is 0 Å². The van der Waals surface area contributed by atoms with Crippen LogP contribution in [0.25, 0.3) is 11.3 Å². The fourth-order valence-corrected chi connectivity index (χ4v) is 4.67. The summed E-state index contributed by atoms with van der Waals surface area (Å²) < 4.78 is 16.3. The van der Waals surface area contributed by atoms with Gasteiger partial charge in [0.15, 0.2) is 11.5 Å². The van der Waals surface area contributed by atoms with Crippen molar-refractivity contribution in [3.63, 3.8) is 0 Å². The number of ether oxygens (including phenoxy) is 3. The molecule has 2 aliphatic heterocycles. The summed E-state index contributed by atoms with van der Waals surface area (Å²) in [5.74, 6) is 1.96. The molecule has 3 aromatic rings. The molecular weight excluding hydrogens is 430 g/mol. The minimum absolute atomic E-state index is 0.0307. The first-order chi connectivity index (χ1) is 16.7. The van der Waals surface area contributed by atoms with Crippen LogP contribution in [0.4, 0.5) is 5.82 Å². The Balaban J connectivity index is 1.15. The minimum atomic E-state index is -0.528. The van der Waals surface area contributed by atoms with Gasteiger partial charge in [0.1, 0.15) is 5.82 Å². The molecular formula is C27H27N3O4. The first-order valence-electron chi connectivity index (χ1n) is 11.8. The molecule has 1 aromatic heterocycles. The highest BCUT2D eigenvalue weighted by atomic mass is 16.7. The average Bonchev–Trinajstić information content (AvgIpc) is 3.56. The molecule has 1 saturated carbocycles. The molecule has 1 saturated heterocycles. The van der Waals surface area contributed by atoms with Gasteiger partial charge in [-0.05, 0) is 48.2 Å². The summed E-state index contributed by atoms with van der Waals surface area (Å²) in [7, 11) is 0. The summed E-state index contributed by atoms with van der Waals surface area (Å²) in [4.78, 5) is 20.4. The molecule has 1 aliphatic carbocycles. The molecule has 0 atom stereocenters. The molecule has 0 unspecified atom stereocenters. The van der Waals surface area contributed by atoms with Crippen molar-refractivity contribution < 1.29 is 19.0 Å². The van der Waals surface area contributed by atoms with Gasteiger partial charge in [-0.25, -0.2) is 4.98 Å². The summed E-state index contributed by atoms with van der Waals surface area (Å²) in [6.45, 7) is 4.70. The Labute approximate surface area is 198 Å². The van der Waals surface area contributed by atoms with E-state index >= 15 is 0 Å². The maximum Gasteiger partial charge on any atom is 0.236 e. The van der Waals surface area contributed by atoms with Crippen LogP contribution < -0.4 is 14.8 Å². The molecule has 2 aromatic carbocycles. The number of pyridine rings is 1. The third kappa shape index (κ3) is 4.13. The highest BCUT2D eigenvalue weighted by Crippen LogP contribution is 2.51. The summed E-state index contributed by atoms with van der Waals surface area (Å²) >= 11 is 0. The van der Waals surface area contributed by atoms with Gasteiger partial charge in [-0.3, -0.25) is 9.69 Å². The topological polar surface area (TPSA) is 72.9 Å². The largest absolute Gasteiger partial charge is 0.454 e. The molecule has 34 heavy (non-hydrogen) atoms. The molecule has 1 amide bonds. The lowest BCUT2D eigenvalue weighted by Crippen LogP contribution is -2.35. The van der Waals surface area contributed by atoms with Crippen molar-refractivity contribution in [2.75, 3.05) is 38.4 Å². The Kier molecular flexibility index (Phi) is 5.43. The highest BCUT2D eigenvalue weighted by Gasteiger charge is 2.51. The number of anilines is 1. The number of hydrogen-bond donors (Lipinski definition) is 1. The van der Waals surface area contributed by atoms with E-state index in [2.05, 4.69) is 34.5 Å². The number of amides is 1. The highest BCUT2D eigenvalue weighted by molar-refractivity contribution is 6.01. The average molecular weight is 458 g/mol. The molecule has 3 heterocycles. The number of carbonyl (C=O) groups excluding carboxylic acids is 1. The van der Waals surface area contributed by atoms with Gasteiger partial charge in [-0.15, -0.1) is 0 Å².